The van der Waals surface area contributed by atoms with Crippen molar-refractivity contribution < 1.29 is 9.53 Å². The Labute approximate surface area is 156 Å². The van der Waals surface area contributed by atoms with Crippen LogP contribution in [0.1, 0.15) is 23.7 Å². The molecule has 3 nitrogen and oxygen atoms in total. The van der Waals surface area contributed by atoms with Crippen molar-refractivity contribution in [3.8, 4) is 0 Å². The van der Waals surface area contributed by atoms with Crippen LogP contribution in [0.5, 0.6) is 0 Å². The van der Waals surface area contributed by atoms with Crippen LogP contribution in [0.2, 0.25) is 0 Å². The number of nitrogens with zero attached hydrogens (tertiary/aromatic N) is 1. The summed E-state index contributed by atoms with van der Waals surface area (Å²) in [5, 5.41) is 0. The molecule has 1 fully saturated rings. The zero-order chi connectivity index (χ0) is 17.6. The Morgan fingerprint density at radius 3 is 2.68 bits per heavy atom. The molecule has 2 aliphatic heterocycles. The predicted molar refractivity (Wildman–Crippen MR) is 103 cm³/mol. The number of rotatable bonds is 2. The Balaban J connectivity index is 1.86. The molecule has 128 valence electrons. The maximum Gasteiger partial charge on any atom is 0.238 e. The van der Waals surface area contributed by atoms with Crippen molar-refractivity contribution in [2.45, 2.75) is 17.9 Å². The minimum Gasteiger partial charge on any atom is -0.373 e. The van der Waals surface area contributed by atoms with Crippen molar-refractivity contribution in [3.05, 3.63) is 76.8 Å². The van der Waals surface area contributed by atoms with Crippen LogP contribution in [-0.4, -0.2) is 19.6 Å². The molecule has 1 spiro atoms. The van der Waals surface area contributed by atoms with Crippen LogP contribution in [-0.2, 0) is 14.9 Å². The molecule has 1 saturated heterocycles. The van der Waals surface area contributed by atoms with Gasteiger partial charge >= 0.3 is 0 Å². The van der Waals surface area contributed by atoms with Crippen LogP contribution in [0.3, 0.4) is 0 Å². The normalized spacial score (nSPS) is 28.2. The van der Waals surface area contributed by atoms with Crippen LogP contribution in [0.25, 0.3) is 0 Å². The van der Waals surface area contributed by atoms with Crippen LogP contribution in [0.15, 0.2) is 65.7 Å². The number of ether oxygens (including phenoxy) is 1. The van der Waals surface area contributed by atoms with Crippen molar-refractivity contribution in [3.63, 3.8) is 0 Å². The van der Waals surface area contributed by atoms with Crippen molar-refractivity contribution in [2.24, 2.45) is 5.92 Å². The molecule has 3 atom stereocenters. The van der Waals surface area contributed by atoms with E-state index in [4.69, 9.17) is 4.74 Å². The van der Waals surface area contributed by atoms with Gasteiger partial charge in [0.2, 0.25) is 5.91 Å². The highest BCUT2D eigenvalue weighted by molar-refractivity contribution is 9.10. The molecule has 0 aromatic heterocycles. The number of hydrogen-bond donors (Lipinski definition) is 0. The van der Waals surface area contributed by atoms with Gasteiger partial charge in [-0.1, -0.05) is 52.3 Å². The lowest BCUT2D eigenvalue weighted by molar-refractivity contribution is -0.133. The third-order valence-electron chi connectivity index (χ3n) is 5.57. The van der Waals surface area contributed by atoms with E-state index in [9.17, 15) is 4.79 Å². The average Bonchev–Trinajstić information content (AvgIpc) is 2.85. The predicted octanol–water partition coefficient (Wildman–Crippen LogP) is 4.63. The number of halogens is 1. The Morgan fingerprint density at radius 1 is 1.24 bits per heavy atom. The van der Waals surface area contributed by atoms with Crippen LogP contribution >= 0.6 is 15.9 Å². The third-order valence-corrected chi connectivity index (χ3v) is 6.10. The molecule has 25 heavy (non-hydrogen) atoms. The smallest absolute Gasteiger partial charge is 0.238 e. The minimum atomic E-state index is -0.594. The molecule has 1 amide bonds. The number of carbonyl (C=O) groups is 1. The number of para-hydroxylation sites is 1. The van der Waals surface area contributed by atoms with Crippen molar-refractivity contribution in [1.29, 1.82) is 0 Å². The maximum atomic E-state index is 13.4. The summed E-state index contributed by atoms with van der Waals surface area (Å²) < 4.78 is 7.16. The van der Waals surface area contributed by atoms with E-state index < -0.39 is 5.41 Å². The van der Waals surface area contributed by atoms with Gasteiger partial charge in [-0.25, -0.2) is 0 Å². The van der Waals surface area contributed by atoms with Gasteiger partial charge in [-0.2, -0.15) is 0 Å². The minimum absolute atomic E-state index is 0.110. The molecular formula is C21H20BrNO2. The molecule has 2 aliphatic rings. The van der Waals surface area contributed by atoms with E-state index in [1.165, 1.54) is 0 Å². The van der Waals surface area contributed by atoms with E-state index in [0.29, 0.717) is 13.0 Å². The van der Waals surface area contributed by atoms with Crippen molar-refractivity contribution in [1.82, 2.24) is 0 Å². The second-order valence-electron chi connectivity index (χ2n) is 6.71. The van der Waals surface area contributed by atoms with Gasteiger partial charge in [0.25, 0.3) is 0 Å². The topological polar surface area (TPSA) is 29.5 Å². The molecule has 4 heteroatoms. The monoisotopic (exact) mass is 397 g/mol. The fourth-order valence-electron chi connectivity index (χ4n) is 4.39. The highest BCUT2D eigenvalue weighted by Gasteiger charge is 2.57. The molecule has 2 aromatic carbocycles. The molecule has 4 rings (SSSR count). The second kappa shape index (κ2) is 6.11. The first-order valence-corrected chi connectivity index (χ1v) is 9.26. The van der Waals surface area contributed by atoms with E-state index in [2.05, 4.69) is 40.7 Å². The van der Waals surface area contributed by atoms with E-state index in [1.54, 1.807) is 4.90 Å². The fourth-order valence-corrected chi connectivity index (χ4v) is 4.65. The van der Waals surface area contributed by atoms with Gasteiger partial charge in [-0.15, -0.1) is 6.58 Å². The number of fused-ring (bicyclic) bond motifs is 2. The molecule has 0 saturated carbocycles. The quantitative estimate of drug-likeness (QED) is 0.691. The molecule has 0 unspecified atom stereocenters. The molecule has 0 aliphatic carbocycles. The summed E-state index contributed by atoms with van der Waals surface area (Å²) in [7, 11) is 1.86. The van der Waals surface area contributed by atoms with Crippen LogP contribution in [0.4, 0.5) is 5.69 Å². The zero-order valence-corrected chi connectivity index (χ0v) is 15.7. The summed E-state index contributed by atoms with van der Waals surface area (Å²) in [5.74, 6) is 0.0324. The molecule has 2 aromatic rings. The summed E-state index contributed by atoms with van der Waals surface area (Å²) in [6.45, 7) is 4.62. The summed E-state index contributed by atoms with van der Waals surface area (Å²) >= 11 is 3.48. The SMILES string of the molecule is C=C[C@H]1[C@H](c2ccc(Br)cc2)OCC[C@@]12C(=O)N(C)c1ccccc12. The zero-order valence-electron chi connectivity index (χ0n) is 14.1. The van der Waals surface area contributed by atoms with Gasteiger partial charge in [0, 0.05) is 29.7 Å². The Kier molecular flexibility index (Phi) is 4.05. The first-order chi connectivity index (χ1) is 12.1. The van der Waals surface area contributed by atoms with E-state index >= 15 is 0 Å². The molecule has 0 radical (unpaired) electrons. The van der Waals surface area contributed by atoms with Gasteiger partial charge in [-0.3, -0.25) is 4.79 Å². The lowest BCUT2D eigenvalue weighted by Crippen LogP contribution is -2.50. The van der Waals surface area contributed by atoms with Crippen LogP contribution in [0, 0.1) is 5.92 Å². The summed E-state index contributed by atoms with van der Waals surface area (Å²) in [5.41, 5.74) is 2.57. The van der Waals surface area contributed by atoms with Crippen molar-refractivity contribution >= 4 is 27.5 Å². The summed E-state index contributed by atoms with van der Waals surface area (Å²) in [6, 6.07) is 16.2. The van der Waals surface area contributed by atoms with Gasteiger partial charge in [0.05, 0.1) is 11.5 Å². The molecular weight excluding hydrogens is 378 g/mol. The van der Waals surface area contributed by atoms with Gasteiger partial charge in [0.1, 0.15) is 0 Å². The molecule has 2 heterocycles. The second-order valence-corrected chi connectivity index (χ2v) is 7.62. The van der Waals surface area contributed by atoms with E-state index in [0.717, 1.165) is 21.3 Å². The van der Waals surface area contributed by atoms with Crippen LogP contribution < -0.4 is 4.90 Å². The maximum absolute atomic E-state index is 13.4. The summed E-state index contributed by atoms with van der Waals surface area (Å²) in [6.07, 6.45) is 2.40. The average molecular weight is 398 g/mol. The molecule has 0 bridgehead atoms. The number of amides is 1. The Hall–Kier alpha value is -1.91. The first-order valence-electron chi connectivity index (χ1n) is 8.47. The Bertz CT molecular complexity index is 832. The highest BCUT2D eigenvalue weighted by Crippen LogP contribution is 2.54. The summed E-state index contributed by atoms with van der Waals surface area (Å²) in [4.78, 5) is 15.1. The van der Waals surface area contributed by atoms with Gasteiger partial charge < -0.3 is 9.64 Å². The standard InChI is InChI=1S/C21H20BrNO2/c1-3-16-19(14-8-10-15(22)11-9-14)25-13-12-21(16)17-6-4-5-7-18(17)23(2)20(21)24/h3-11,16,19H,1,12-13H2,2H3/t16-,19-,21+/m0/s1. The van der Waals surface area contributed by atoms with Gasteiger partial charge in [0.15, 0.2) is 0 Å². The van der Waals surface area contributed by atoms with E-state index in [1.807, 2.05) is 43.5 Å². The number of hydrogen-bond acceptors (Lipinski definition) is 2. The number of benzene rings is 2. The number of likely N-dealkylation sites (N-methyl/N-ethyl adjacent to an activating group) is 1. The molecule has 0 N–H and O–H groups in total. The highest BCUT2D eigenvalue weighted by atomic mass is 79.9. The van der Waals surface area contributed by atoms with E-state index in [-0.39, 0.29) is 17.9 Å². The lowest BCUT2D eigenvalue weighted by Gasteiger charge is -2.43. The largest absolute Gasteiger partial charge is 0.373 e. The van der Waals surface area contributed by atoms with Crippen molar-refractivity contribution in [2.75, 3.05) is 18.6 Å². The third kappa shape index (κ3) is 2.31. The fraction of sp³-hybridized carbons (Fsp3) is 0.286. The number of carbonyl (C=O) groups excluding carboxylic acids is 1. The lowest BCUT2D eigenvalue weighted by atomic mass is 9.64. The number of anilines is 1. The Morgan fingerprint density at radius 2 is 1.96 bits per heavy atom. The van der Waals surface area contributed by atoms with Gasteiger partial charge in [-0.05, 0) is 35.7 Å². The first kappa shape index (κ1) is 16.6.